The summed E-state index contributed by atoms with van der Waals surface area (Å²) in [5.41, 5.74) is 2.21. The average molecular weight is 743 g/mol. The summed E-state index contributed by atoms with van der Waals surface area (Å²) >= 11 is 31.4. The molecule has 9 nitrogen and oxygen atoms in total. The molecule has 0 aliphatic heterocycles. The van der Waals surface area contributed by atoms with Crippen LogP contribution in [0.2, 0.25) is 15.1 Å². The number of amides is 4. The molecule has 2 unspecified atom stereocenters. The highest BCUT2D eigenvalue weighted by Crippen LogP contribution is 2.65. The van der Waals surface area contributed by atoms with Crippen LogP contribution in [-0.4, -0.2) is 50.2 Å². The van der Waals surface area contributed by atoms with Crippen LogP contribution in [0.1, 0.15) is 61.0 Å². The second kappa shape index (κ2) is 14.5. The third kappa shape index (κ3) is 8.83. The largest absolute Gasteiger partial charge is 0.465 e. The monoisotopic (exact) mass is 740 g/mol. The van der Waals surface area contributed by atoms with E-state index in [1.807, 2.05) is 0 Å². The number of aryl methyl sites for hydroxylation is 1. The molecule has 2 atom stereocenters. The summed E-state index contributed by atoms with van der Waals surface area (Å²) in [6, 6.07) is 14.4. The SMILES string of the molecule is Cc1cc(NC(=O)CCCN(C(=O)O)C(C)(C)C)ccc1NC(=O)c1cc(NC(=O)C2C(c3ccc(Cl)c(Cl)c3)C2(Cl)Cl)ccc1Cl. The molecule has 1 fully saturated rings. The maximum atomic E-state index is 13.2. The van der Waals surface area contributed by atoms with Crippen LogP contribution in [0.5, 0.6) is 0 Å². The van der Waals surface area contributed by atoms with E-state index in [0.717, 1.165) is 0 Å². The second-order valence-corrected chi connectivity index (χ2v) is 14.9. The number of nitrogens with one attached hydrogen (secondary N) is 3. The van der Waals surface area contributed by atoms with Crippen molar-refractivity contribution < 1.29 is 24.3 Å². The fourth-order valence-electron chi connectivity index (χ4n) is 5.18. The van der Waals surface area contributed by atoms with Gasteiger partial charge >= 0.3 is 6.09 Å². The molecule has 1 saturated carbocycles. The van der Waals surface area contributed by atoms with Gasteiger partial charge in [-0.05, 0) is 93.8 Å². The maximum Gasteiger partial charge on any atom is 0.407 e. The highest BCUT2D eigenvalue weighted by Gasteiger charge is 2.67. The number of anilines is 3. The van der Waals surface area contributed by atoms with Crippen molar-refractivity contribution in [2.45, 2.75) is 56.3 Å². The highest BCUT2D eigenvalue weighted by molar-refractivity contribution is 6.53. The molecule has 0 spiro atoms. The molecular weight excluding hydrogens is 710 g/mol. The zero-order valence-electron chi connectivity index (χ0n) is 25.9. The number of halogens is 5. The fourth-order valence-corrected chi connectivity index (χ4v) is 6.52. The first-order valence-corrected chi connectivity index (χ1v) is 16.4. The van der Waals surface area contributed by atoms with Crippen LogP contribution in [0.15, 0.2) is 54.6 Å². The molecule has 250 valence electrons. The molecule has 0 heterocycles. The number of nitrogens with zero attached hydrogens (tertiary/aromatic N) is 1. The first-order valence-electron chi connectivity index (χ1n) is 14.6. The lowest BCUT2D eigenvalue weighted by atomic mass is 10.1. The summed E-state index contributed by atoms with van der Waals surface area (Å²) in [5, 5.41) is 18.6. The Labute approximate surface area is 297 Å². The molecule has 4 N–H and O–H groups in total. The minimum absolute atomic E-state index is 0.117. The Hall–Kier alpha value is -3.21. The minimum atomic E-state index is -1.36. The Kier molecular flexibility index (Phi) is 11.3. The van der Waals surface area contributed by atoms with Gasteiger partial charge in [0.15, 0.2) is 0 Å². The number of hydrogen-bond donors (Lipinski definition) is 4. The van der Waals surface area contributed by atoms with Crippen LogP contribution < -0.4 is 16.0 Å². The van der Waals surface area contributed by atoms with Crippen LogP contribution in [0.25, 0.3) is 0 Å². The number of hydrogen-bond acceptors (Lipinski definition) is 4. The predicted molar refractivity (Wildman–Crippen MR) is 189 cm³/mol. The van der Waals surface area contributed by atoms with E-state index in [4.69, 9.17) is 58.0 Å². The summed E-state index contributed by atoms with van der Waals surface area (Å²) < 4.78 is -1.36. The van der Waals surface area contributed by atoms with E-state index in [2.05, 4.69) is 16.0 Å². The van der Waals surface area contributed by atoms with Crippen molar-refractivity contribution in [1.82, 2.24) is 4.90 Å². The third-order valence-electron chi connectivity index (χ3n) is 7.70. The van der Waals surface area contributed by atoms with E-state index in [9.17, 15) is 24.3 Å². The third-order valence-corrected chi connectivity index (χ3v) is 9.71. The number of rotatable bonds is 10. The molecule has 3 aromatic carbocycles. The van der Waals surface area contributed by atoms with Crippen LogP contribution in [0, 0.1) is 12.8 Å². The molecule has 0 bridgehead atoms. The summed E-state index contributed by atoms with van der Waals surface area (Å²) in [6.07, 6.45) is -0.540. The Morgan fingerprint density at radius 3 is 2.11 bits per heavy atom. The lowest BCUT2D eigenvalue weighted by molar-refractivity contribution is -0.117. The van der Waals surface area contributed by atoms with Gasteiger partial charge in [-0.2, -0.15) is 0 Å². The van der Waals surface area contributed by atoms with Crippen molar-refractivity contribution in [2.24, 2.45) is 5.92 Å². The van der Waals surface area contributed by atoms with Crippen molar-refractivity contribution in [3.8, 4) is 0 Å². The average Bonchev–Trinajstić information content (AvgIpc) is 3.55. The molecular formula is C33H33Cl5N4O5. The second-order valence-electron chi connectivity index (χ2n) is 12.2. The topological polar surface area (TPSA) is 128 Å². The van der Waals surface area contributed by atoms with Crippen molar-refractivity contribution in [3.05, 3.63) is 86.4 Å². The molecule has 4 amide bonds. The lowest BCUT2D eigenvalue weighted by Crippen LogP contribution is -2.45. The summed E-state index contributed by atoms with van der Waals surface area (Å²) in [5.74, 6) is -2.51. The molecule has 3 aromatic rings. The van der Waals surface area contributed by atoms with Crippen LogP contribution in [-0.2, 0) is 9.59 Å². The van der Waals surface area contributed by atoms with E-state index in [0.29, 0.717) is 44.7 Å². The molecule has 0 radical (unpaired) electrons. The maximum absolute atomic E-state index is 13.2. The first kappa shape index (κ1) is 36.6. The van der Waals surface area contributed by atoms with Gasteiger partial charge in [-0.3, -0.25) is 14.4 Å². The van der Waals surface area contributed by atoms with Gasteiger partial charge in [0.2, 0.25) is 11.8 Å². The Morgan fingerprint density at radius 1 is 0.851 bits per heavy atom. The number of alkyl halides is 2. The van der Waals surface area contributed by atoms with Gasteiger partial charge in [0, 0.05) is 41.5 Å². The van der Waals surface area contributed by atoms with Gasteiger partial charge in [-0.25, -0.2) is 4.79 Å². The molecule has 1 aliphatic rings. The Morgan fingerprint density at radius 2 is 1.49 bits per heavy atom. The van der Waals surface area contributed by atoms with Crippen LogP contribution in [0.3, 0.4) is 0 Å². The van der Waals surface area contributed by atoms with E-state index < -0.39 is 39.6 Å². The fraction of sp³-hybridized carbons (Fsp3) is 0.333. The molecule has 1 aliphatic carbocycles. The van der Waals surface area contributed by atoms with Crippen molar-refractivity contribution in [2.75, 3.05) is 22.5 Å². The van der Waals surface area contributed by atoms with Gasteiger partial charge in [0.05, 0.1) is 26.5 Å². The zero-order chi connectivity index (χ0) is 34.8. The standard InChI is InChI=1S/C33H33Cl5N4O5/c1-17-14-19(39-26(43)6-5-13-42(31(46)47)32(2,3)4)9-12-25(17)41-29(44)21-16-20(8-11-22(21)34)40-30(45)28-27(33(28,37)38)18-7-10-23(35)24(36)15-18/h7-12,14-16,27-28H,5-6,13H2,1-4H3,(H,39,43)(H,40,45)(H,41,44)(H,46,47). The number of carbonyl (C=O) groups is 4. The van der Waals surface area contributed by atoms with Crippen LogP contribution in [0.4, 0.5) is 21.9 Å². The smallest absolute Gasteiger partial charge is 0.407 e. The Bertz CT molecular complexity index is 1730. The summed E-state index contributed by atoms with van der Waals surface area (Å²) in [4.78, 5) is 51.7. The van der Waals surface area contributed by atoms with E-state index >= 15 is 0 Å². The Balaban J connectivity index is 1.36. The van der Waals surface area contributed by atoms with Crippen molar-refractivity contribution >= 4 is 98.9 Å². The van der Waals surface area contributed by atoms with Crippen molar-refractivity contribution in [3.63, 3.8) is 0 Å². The van der Waals surface area contributed by atoms with E-state index in [-0.39, 0.29) is 29.5 Å². The molecule has 4 rings (SSSR count). The zero-order valence-corrected chi connectivity index (χ0v) is 29.7. The molecule has 47 heavy (non-hydrogen) atoms. The quantitative estimate of drug-likeness (QED) is 0.154. The minimum Gasteiger partial charge on any atom is -0.465 e. The van der Waals surface area contributed by atoms with E-state index in [1.165, 1.54) is 17.0 Å². The van der Waals surface area contributed by atoms with Gasteiger partial charge in [0.1, 0.15) is 4.33 Å². The lowest BCUT2D eigenvalue weighted by Gasteiger charge is -2.33. The molecule has 0 saturated heterocycles. The van der Waals surface area contributed by atoms with Gasteiger partial charge in [-0.1, -0.05) is 40.9 Å². The number of carbonyl (C=O) groups excluding carboxylic acids is 3. The normalized spacial score (nSPS) is 16.6. The predicted octanol–water partition coefficient (Wildman–Crippen LogP) is 9.23. The highest BCUT2D eigenvalue weighted by atomic mass is 35.5. The number of carboxylic acid groups (broad SMARTS) is 1. The van der Waals surface area contributed by atoms with Crippen molar-refractivity contribution in [1.29, 1.82) is 0 Å². The van der Waals surface area contributed by atoms with Gasteiger partial charge in [-0.15, -0.1) is 23.2 Å². The summed E-state index contributed by atoms with van der Waals surface area (Å²) in [6.45, 7) is 7.38. The molecule has 14 heteroatoms. The van der Waals surface area contributed by atoms with Gasteiger partial charge < -0.3 is 26.0 Å². The van der Waals surface area contributed by atoms with E-state index in [1.54, 1.807) is 70.2 Å². The number of benzene rings is 3. The molecule has 0 aromatic heterocycles. The summed E-state index contributed by atoms with van der Waals surface area (Å²) in [7, 11) is 0. The van der Waals surface area contributed by atoms with Gasteiger partial charge in [0.25, 0.3) is 5.91 Å². The first-order chi connectivity index (χ1) is 21.9. The van der Waals surface area contributed by atoms with Crippen LogP contribution >= 0.6 is 58.0 Å².